The molecule has 3 aromatic heterocycles. The van der Waals surface area contributed by atoms with E-state index in [1.54, 1.807) is 21.9 Å². The van der Waals surface area contributed by atoms with Crippen LogP contribution in [0.2, 0.25) is 5.02 Å². The van der Waals surface area contributed by atoms with Gasteiger partial charge in [0.05, 0.1) is 24.4 Å². The molecule has 9 nitrogen and oxygen atoms in total. The molecule has 0 N–H and O–H groups in total. The van der Waals surface area contributed by atoms with Crippen molar-refractivity contribution in [3.05, 3.63) is 41.1 Å². The largest absolute Gasteiger partial charge is 0.270 e. The van der Waals surface area contributed by atoms with Crippen molar-refractivity contribution in [2.45, 2.75) is 40.8 Å². The van der Waals surface area contributed by atoms with E-state index in [0.717, 1.165) is 5.56 Å². The number of pyridine rings is 1. The van der Waals surface area contributed by atoms with Crippen LogP contribution in [0.25, 0.3) is 5.65 Å². The van der Waals surface area contributed by atoms with Crippen LogP contribution in [0.15, 0.2) is 29.7 Å². The van der Waals surface area contributed by atoms with Crippen molar-refractivity contribution in [3.63, 3.8) is 0 Å². The summed E-state index contributed by atoms with van der Waals surface area (Å²) >= 11 is 6.61. The van der Waals surface area contributed by atoms with Crippen molar-refractivity contribution < 1.29 is 8.42 Å². The maximum atomic E-state index is 13.9. The number of fused-ring (bicyclic) bond motifs is 1. The van der Waals surface area contributed by atoms with Gasteiger partial charge in [0.1, 0.15) is 42.6 Å². The maximum absolute atomic E-state index is 13.9. The van der Waals surface area contributed by atoms with Gasteiger partial charge in [-0.1, -0.05) is 11.6 Å². The third-order valence-corrected chi connectivity index (χ3v) is 8.91. The second-order valence-corrected chi connectivity index (χ2v) is 11.7. The number of nitrogens with zero attached hydrogens (tertiary/aromatic N) is 7. The average Bonchev–Trinajstić information content (AvgIpc) is 3.25. The van der Waals surface area contributed by atoms with Gasteiger partial charge >= 0.3 is 0 Å². The van der Waals surface area contributed by atoms with Gasteiger partial charge in [-0.15, -0.1) is 0 Å². The van der Waals surface area contributed by atoms with E-state index in [0.29, 0.717) is 29.2 Å². The van der Waals surface area contributed by atoms with Crippen LogP contribution in [-0.2, 0) is 23.5 Å². The Balaban J connectivity index is 1.77. The Morgan fingerprint density at radius 3 is 2.53 bits per heavy atom. The van der Waals surface area contributed by atoms with Crippen molar-refractivity contribution in [3.8, 4) is 6.07 Å². The minimum Gasteiger partial charge on any atom is -0.270 e. The van der Waals surface area contributed by atoms with Gasteiger partial charge in [-0.25, -0.2) is 22.2 Å². The Morgan fingerprint density at radius 1 is 1.25 bits per heavy atom. The molecule has 0 aromatic carbocycles. The summed E-state index contributed by atoms with van der Waals surface area (Å²) in [6.45, 7) is 0. The van der Waals surface area contributed by atoms with Crippen LogP contribution in [0.1, 0.15) is 30.0 Å². The van der Waals surface area contributed by atoms with Crippen LogP contribution < -0.4 is 0 Å². The van der Waals surface area contributed by atoms with E-state index < -0.39 is 20.7 Å². The van der Waals surface area contributed by atoms with E-state index in [1.807, 2.05) is 43.7 Å². The van der Waals surface area contributed by atoms with E-state index in [-0.39, 0.29) is 17.2 Å². The van der Waals surface area contributed by atoms with Gasteiger partial charge in [-0.05, 0) is 35.0 Å². The summed E-state index contributed by atoms with van der Waals surface area (Å²) in [6, 6.07) is 3.83. The van der Waals surface area contributed by atoms with E-state index >= 15 is 0 Å². The Hall–Kier alpha value is -2.22. The van der Waals surface area contributed by atoms with E-state index in [4.69, 9.17) is 11.6 Å². The monoisotopic (exact) mass is 467 g/mol. The Bertz CT molecular complexity index is 1330. The molecule has 0 saturated carbocycles. The zero-order valence-electron chi connectivity index (χ0n) is 18.7. The van der Waals surface area contributed by atoms with Gasteiger partial charge < -0.3 is 0 Å². The lowest BCUT2D eigenvalue weighted by Crippen LogP contribution is -2.68. The van der Waals surface area contributed by atoms with Crippen molar-refractivity contribution in [2.75, 3.05) is 0 Å². The summed E-state index contributed by atoms with van der Waals surface area (Å²) in [4.78, 5) is 4.26. The molecule has 32 heavy (non-hydrogen) atoms. The van der Waals surface area contributed by atoms with Gasteiger partial charge in [0, 0.05) is 24.3 Å². The first kappa shape index (κ1) is 23.0. The van der Waals surface area contributed by atoms with Crippen molar-refractivity contribution >= 4 is 58.7 Å². The van der Waals surface area contributed by atoms with Gasteiger partial charge in [0.15, 0.2) is 5.65 Å². The predicted molar refractivity (Wildman–Crippen MR) is 131 cm³/mol. The molecule has 4 heterocycles. The molecule has 1 saturated heterocycles. The van der Waals surface area contributed by atoms with Crippen LogP contribution in [0.4, 0.5) is 0 Å². The highest BCUT2D eigenvalue weighted by atomic mass is 35.5. The van der Waals surface area contributed by atoms with Crippen molar-refractivity contribution in [2.24, 2.45) is 7.05 Å². The first-order valence-corrected chi connectivity index (χ1v) is 12.1. The first-order chi connectivity index (χ1) is 14.9. The smallest absolute Gasteiger partial charge is 0.244 e. The molecule has 15 heteroatoms. The predicted octanol–water partition coefficient (Wildman–Crippen LogP) is -2.41. The number of hydrogen-bond acceptors (Lipinski definition) is 6. The normalized spacial score (nSPS) is 19.2. The molecule has 162 valence electrons. The van der Waals surface area contributed by atoms with Crippen molar-refractivity contribution in [1.29, 1.82) is 5.26 Å². The van der Waals surface area contributed by atoms with Crippen LogP contribution in [0.3, 0.4) is 0 Å². The molecule has 3 aromatic rings. The SMILES string of the molecule is BC1(B)CC(c2cn3ncnc3cc2Cl)CC(B)(B)N1S(=O)(=O)c1cnn(C)c1CC#N. The van der Waals surface area contributed by atoms with Crippen LogP contribution in [-0.4, -0.2) is 79.2 Å². The van der Waals surface area contributed by atoms with Crippen LogP contribution in [0, 0.1) is 11.3 Å². The zero-order valence-corrected chi connectivity index (χ0v) is 20.3. The molecule has 4 rings (SSSR count). The summed E-state index contributed by atoms with van der Waals surface area (Å²) in [5.74, 6) is 0.0278. The van der Waals surface area contributed by atoms with Gasteiger partial charge in [-0.3, -0.25) is 4.68 Å². The fourth-order valence-electron chi connectivity index (χ4n) is 5.32. The third-order valence-electron chi connectivity index (χ3n) is 6.21. The molecule has 1 aliphatic heterocycles. The zero-order chi connectivity index (χ0) is 23.5. The minimum atomic E-state index is -3.91. The van der Waals surface area contributed by atoms with Gasteiger partial charge in [0.25, 0.3) is 0 Å². The fourth-order valence-corrected chi connectivity index (χ4v) is 7.95. The highest BCUT2D eigenvalue weighted by molar-refractivity contribution is 7.89. The molecule has 0 bridgehead atoms. The third kappa shape index (κ3) is 3.66. The number of hydrogen-bond donors (Lipinski definition) is 0. The number of sulfonamides is 1. The number of piperidine rings is 1. The molecular formula is C17H22B4ClN7O2S. The van der Waals surface area contributed by atoms with E-state index in [9.17, 15) is 13.7 Å². The summed E-state index contributed by atoms with van der Waals surface area (Å²) in [7, 11) is 5.46. The Labute approximate surface area is 195 Å². The highest BCUT2D eigenvalue weighted by Crippen LogP contribution is 2.45. The topological polar surface area (TPSA) is 109 Å². The first-order valence-electron chi connectivity index (χ1n) is 10.3. The Morgan fingerprint density at radius 2 is 1.91 bits per heavy atom. The van der Waals surface area contributed by atoms with Crippen LogP contribution >= 0.6 is 11.6 Å². The van der Waals surface area contributed by atoms with Gasteiger partial charge in [0.2, 0.25) is 10.0 Å². The lowest BCUT2D eigenvalue weighted by atomic mass is 9.46. The second-order valence-electron chi connectivity index (χ2n) is 9.55. The molecule has 0 radical (unpaired) electrons. The fraction of sp³-hybridized carbons (Fsp3) is 0.412. The average molecular weight is 467 g/mol. The van der Waals surface area contributed by atoms with E-state index in [1.165, 1.54) is 17.2 Å². The molecule has 0 unspecified atom stereocenters. The van der Waals surface area contributed by atoms with Crippen LogP contribution in [0.5, 0.6) is 0 Å². The molecular weight excluding hydrogens is 445 g/mol. The molecule has 1 aliphatic rings. The molecule has 0 spiro atoms. The Kier molecular flexibility index (Phi) is 5.51. The second kappa shape index (κ2) is 7.68. The highest BCUT2D eigenvalue weighted by Gasteiger charge is 2.52. The van der Waals surface area contributed by atoms with Crippen molar-refractivity contribution in [1.82, 2.24) is 28.7 Å². The molecule has 0 aliphatic carbocycles. The number of nitriles is 1. The number of aromatic nitrogens is 5. The molecule has 0 amide bonds. The summed E-state index contributed by atoms with van der Waals surface area (Å²) in [5.41, 5.74) is 1.98. The number of rotatable bonds is 4. The summed E-state index contributed by atoms with van der Waals surface area (Å²) < 4.78 is 32.5. The molecule has 1 fully saturated rings. The summed E-state index contributed by atoms with van der Waals surface area (Å²) in [6.07, 6.45) is 5.82. The quantitative estimate of drug-likeness (QED) is 0.396. The number of halogens is 1. The molecule has 0 atom stereocenters. The number of aryl methyl sites for hydroxylation is 1. The lowest BCUT2D eigenvalue weighted by Gasteiger charge is -2.55. The van der Waals surface area contributed by atoms with E-state index in [2.05, 4.69) is 15.2 Å². The standard InChI is InChI=1S/C17H22B4ClN7O2S/c1-27-13(2-3-23)14(7-25-27)32(30,31)29-16(18,19)5-10(6-17(29,20)21)11-8-28-15(4-12(11)22)24-9-26-28/h4,7-10H,2,5-6,18-21H2,1H3. The lowest BCUT2D eigenvalue weighted by molar-refractivity contribution is 0.208. The van der Waals surface area contributed by atoms with Gasteiger partial charge in [-0.2, -0.15) is 15.5 Å². The minimum absolute atomic E-state index is 0.0278. The summed E-state index contributed by atoms with van der Waals surface area (Å²) in [5, 5.41) is 16.7. The maximum Gasteiger partial charge on any atom is 0.244 e.